The number of alkyl carbamates (subject to hydrolysis) is 1. The highest BCUT2D eigenvalue weighted by Gasteiger charge is 2.15. The molecule has 0 aliphatic carbocycles. The summed E-state index contributed by atoms with van der Waals surface area (Å²) in [5.41, 5.74) is 1.37. The van der Waals surface area contributed by atoms with Crippen LogP contribution in [0.2, 0.25) is 0 Å². The van der Waals surface area contributed by atoms with Crippen LogP contribution in [-0.2, 0) is 11.3 Å². The molecule has 0 spiro atoms. The number of nitrogens with zero attached hydrogens (tertiary/aromatic N) is 3. The lowest BCUT2D eigenvalue weighted by atomic mass is 10.2. The van der Waals surface area contributed by atoms with Crippen molar-refractivity contribution in [3.63, 3.8) is 0 Å². The molecule has 0 saturated carbocycles. The number of ether oxygens (including phenoxy) is 1. The molecule has 2 rings (SSSR count). The first-order chi connectivity index (χ1) is 9.83. The Morgan fingerprint density at radius 3 is 2.86 bits per heavy atom. The number of amides is 1. The Morgan fingerprint density at radius 2 is 2.24 bits per heavy atom. The summed E-state index contributed by atoms with van der Waals surface area (Å²) >= 11 is 1.57. The number of hydrogen-bond acceptors (Lipinski definition) is 5. The molecule has 2 aromatic rings. The first-order valence-corrected chi connectivity index (χ1v) is 7.64. The van der Waals surface area contributed by atoms with Crippen molar-refractivity contribution in [2.75, 3.05) is 6.54 Å². The second kappa shape index (κ2) is 6.26. The first kappa shape index (κ1) is 15.5. The topological polar surface area (TPSA) is 69.0 Å². The van der Waals surface area contributed by atoms with Gasteiger partial charge in [0, 0.05) is 23.8 Å². The van der Waals surface area contributed by atoms with Crippen LogP contribution in [0, 0.1) is 6.92 Å². The van der Waals surface area contributed by atoms with Crippen molar-refractivity contribution in [3.05, 3.63) is 23.3 Å². The summed E-state index contributed by atoms with van der Waals surface area (Å²) in [7, 11) is 0. The van der Waals surface area contributed by atoms with Gasteiger partial charge in [-0.1, -0.05) is 0 Å². The molecule has 21 heavy (non-hydrogen) atoms. The van der Waals surface area contributed by atoms with Crippen LogP contribution >= 0.6 is 11.3 Å². The van der Waals surface area contributed by atoms with E-state index in [2.05, 4.69) is 15.4 Å². The summed E-state index contributed by atoms with van der Waals surface area (Å²) in [5.74, 6) is 0. The van der Waals surface area contributed by atoms with Crippen LogP contribution < -0.4 is 5.32 Å². The zero-order valence-corrected chi connectivity index (χ0v) is 13.5. The van der Waals surface area contributed by atoms with Gasteiger partial charge in [0.1, 0.15) is 16.3 Å². The van der Waals surface area contributed by atoms with E-state index in [1.54, 1.807) is 16.0 Å². The fourth-order valence-corrected chi connectivity index (χ4v) is 2.42. The smallest absolute Gasteiger partial charge is 0.407 e. The van der Waals surface area contributed by atoms with E-state index in [0.717, 1.165) is 16.4 Å². The van der Waals surface area contributed by atoms with Crippen LogP contribution in [0.15, 0.2) is 17.6 Å². The molecule has 0 atom stereocenters. The van der Waals surface area contributed by atoms with Crippen LogP contribution in [0.25, 0.3) is 10.7 Å². The molecule has 0 saturated heterocycles. The van der Waals surface area contributed by atoms with Crippen LogP contribution in [0.1, 0.15) is 26.5 Å². The summed E-state index contributed by atoms with van der Waals surface area (Å²) in [4.78, 5) is 15.9. The van der Waals surface area contributed by atoms with Crippen molar-refractivity contribution in [2.24, 2.45) is 0 Å². The van der Waals surface area contributed by atoms with Crippen LogP contribution in [0.5, 0.6) is 0 Å². The molecule has 7 heteroatoms. The Kier molecular flexibility index (Phi) is 4.62. The fourth-order valence-electron chi connectivity index (χ4n) is 1.66. The number of nitrogens with one attached hydrogen (secondary N) is 1. The summed E-state index contributed by atoms with van der Waals surface area (Å²) in [6.07, 6.45) is 1.47. The van der Waals surface area contributed by atoms with Gasteiger partial charge in [-0.25, -0.2) is 9.78 Å². The van der Waals surface area contributed by atoms with Gasteiger partial charge in [0.2, 0.25) is 0 Å². The third-order valence-electron chi connectivity index (χ3n) is 2.49. The Morgan fingerprint density at radius 1 is 1.48 bits per heavy atom. The number of carbonyl (C=O) groups excluding carboxylic acids is 1. The van der Waals surface area contributed by atoms with Crippen molar-refractivity contribution in [1.29, 1.82) is 0 Å². The van der Waals surface area contributed by atoms with Gasteiger partial charge >= 0.3 is 6.09 Å². The van der Waals surface area contributed by atoms with Crippen molar-refractivity contribution in [2.45, 2.75) is 39.8 Å². The maximum atomic E-state index is 11.5. The minimum absolute atomic E-state index is 0.412. The molecule has 0 aliphatic heterocycles. The third kappa shape index (κ3) is 4.86. The maximum Gasteiger partial charge on any atom is 0.407 e. The normalized spacial score (nSPS) is 11.4. The number of aryl methyl sites for hydroxylation is 1. The van der Waals surface area contributed by atoms with E-state index in [9.17, 15) is 4.79 Å². The summed E-state index contributed by atoms with van der Waals surface area (Å²) in [5, 5.41) is 10.1. The monoisotopic (exact) mass is 308 g/mol. The van der Waals surface area contributed by atoms with Gasteiger partial charge in [-0.2, -0.15) is 5.10 Å². The number of carbonyl (C=O) groups is 1. The molecule has 6 nitrogen and oxygen atoms in total. The number of hydrogen-bond donors (Lipinski definition) is 1. The Hall–Kier alpha value is -1.89. The lowest BCUT2D eigenvalue weighted by molar-refractivity contribution is 0.0525. The van der Waals surface area contributed by atoms with Gasteiger partial charge in [0.25, 0.3) is 0 Å². The van der Waals surface area contributed by atoms with E-state index in [-0.39, 0.29) is 0 Å². The third-order valence-corrected chi connectivity index (χ3v) is 3.47. The van der Waals surface area contributed by atoms with Gasteiger partial charge in [0.15, 0.2) is 0 Å². The molecular formula is C14H20N4O2S. The first-order valence-electron chi connectivity index (χ1n) is 6.76. The van der Waals surface area contributed by atoms with Gasteiger partial charge in [-0.05, 0) is 33.8 Å². The number of thiazole rings is 1. The van der Waals surface area contributed by atoms with Crippen molar-refractivity contribution >= 4 is 17.4 Å². The minimum Gasteiger partial charge on any atom is -0.444 e. The SMILES string of the molecule is Cc1csc(-c2ccn(CCNC(=O)OC(C)(C)C)n2)n1. The van der Waals surface area contributed by atoms with E-state index in [4.69, 9.17) is 4.74 Å². The standard InChI is InChI=1S/C14H20N4O2S/c1-10-9-21-12(16-10)11-5-7-18(17-11)8-6-15-13(19)20-14(2,3)4/h5,7,9H,6,8H2,1-4H3,(H,15,19). The predicted octanol–water partition coefficient (Wildman–Crippen LogP) is 2.84. The van der Waals surface area contributed by atoms with E-state index in [1.165, 1.54) is 0 Å². The average molecular weight is 308 g/mol. The largest absolute Gasteiger partial charge is 0.444 e. The molecule has 0 aromatic carbocycles. The molecule has 1 N–H and O–H groups in total. The average Bonchev–Trinajstić information content (AvgIpc) is 2.95. The highest BCUT2D eigenvalue weighted by molar-refractivity contribution is 7.13. The zero-order chi connectivity index (χ0) is 15.5. The molecule has 2 heterocycles. The summed E-state index contributed by atoms with van der Waals surface area (Å²) in [6.45, 7) is 8.52. The molecular weight excluding hydrogens is 288 g/mol. The number of rotatable bonds is 4. The fraction of sp³-hybridized carbons (Fsp3) is 0.500. The Labute approximate surface area is 128 Å². The van der Waals surface area contributed by atoms with Crippen LogP contribution in [0.3, 0.4) is 0 Å². The molecule has 0 radical (unpaired) electrons. The second-order valence-electron chi connectivity index (χ2n) is 5.69. The van der Waals surface area contributed by atoms with E-state index in [0.29, 0.717) is 13.1 Å². The molecule has 0 aliphatic rings. The zero-order valence-electron chi connectivity index (χ0n) is 12.7. The number of aromatic nitrogens is 3. The minimum atomic E-state index is -0.481. The van der Waals surface area contributed by atoms with E-state index >= 15 is 0 Å². The predicted molar refractivity (Wildman–Crippen MR) is 82.3 cm³/mol. The molecule has 0 fully saturated rings. The Bertz CT molecular complexity index is 613. The van der Waals surface area contributed by atoms with Crippen molar-refractivity contribution in [3.8, 4) is 10.7 Å². The summed E-state index contributed by atoms with van der Waals surface area (Å²) in [6, 6.07) is 1.92. The summed E-state index contributed by atoms with van der Waals surface area (Å²) < 4.78 is 6.95. The van der Waals surface area contributed by atoms with Crippen molar-refractivity contribution < 1.29 is 9.53 Å². The second-order valence-corrected chi connectivity index (χ2v) is 6.54. The highest BCUT2D eigenvalue weighted by Crippen LogP contribution is 2.21. The molecule has 2 aromatic heterocycles. The van der Waals surface area contributed by atoms with Gasteiger partial charge in [-0.15, -0.1) is 11.3 Å². The molecule has 114 valence electrons. The van der Waals surface area contributed by atoms with Gasteiger partial charge in [0.05, 0.1) is 6.54 Å². The molecule has 0 unspecified atom stereocenters. The van der Waals surface area contributed by atoms with Gasteiger partial charge in [-0.3, -0.25) is 4.68 Å². The van der Waals surface area contributed by atoms with Crippen LogP contribution in [-0.4, -0.2) is 33.0 Å². The molecule has 1 amide bonds. The highest BCUT2D eigenvalue weighted by atomic mass is 32.1. The lowest BCUT2D eigenvalue weighted by Crippen LogP contribution is -2.34. The maximum absolute atomic E-state index is 11.5. The van der Waals surface area contributed by atoms with Crippen molar-refractivity contribution in [1.82, 2.24) is 20.1 Å². The van der Waals surface area contributed by atoms with Gasteiger partial charge < -0.3 is 10.1 Å². The lowest BCUT2D eigenvalue weighted by Gasteiger charge is -2.19. The quantitative estimate of drug-likeness (QED) is 0.943. The van der Waals surface area contributed by atoms with Crippen LogP contribution in [0.4, 0.5) is 4.79 Å². The van der Waals surface area contributed by atoms with E-state index in [1.807, 2.05) is 45.3 Å². The van der Waals surface area contributed by atoms with E-state index < -0.39 is 11.7 Å². The Balaban J connectivity index is 1.82. The molecule has 0 bridgehead atoms.